The molecule has 8 atom stereocenters. The number of rotatable bonds is 1. The molecule has 3 saturated carbocycles. The van der Waals surface area contributed by atoms with Crippen LogP contribution < -0.4 is 0 Å². The minimum Gasteiger partial charge on any atom is -0.481 e. The molecule has 6 heteroatoms. The Balaban J connectivity index is 1.78. The summed E-state index contributed by atoms with van der Waals surface area (Å²) in [5, 5.41) is 31.6. The smallest absolute Gasteiger partial charge is 0.316 e. The molecule has 0 aromatic carbocycles. The van der Waals surface area contributed by atoms with Crippen molar-refractivity contribution >= 4 is 11.9 Å². The van der Waals surface area contributed by atoms with Crippen molar-refractivity contribution in [3.05, 3.63) is 24.3 Å². The second kappa shape index (κ2) is 4.01. The maximum Gasteiger partial charge on any atom is 0.316 e. The highest BCUT2D eigenvalue weighted by atomic mass is 16.6. The van der Waals surface area contributed by atoms with E-state index in [1.54, 1.807) is 19.1 Å². The zero-order valence-corrected chi connectivity index (χ0v) is 14.1. The highest BCUT2D eigenvalue weighted by Gasteiger charge is 2.83. The van der Waals surface area contributed by atoms with Crippen molar-refractivity contribution in [2.75, 3.05) is 0 Å². The van der Waals surface area contributed by atoms with Gasteiger partial charge in [0.25, 0.3) is 0 Å². The first-order valence-corrected chi connectivity index (χ1v) is 8.86. The lowest BCUT2D eigenvalue weighted by Gasteiger charge is -2.44. The first-order chi connectivity index (χ1) is 11.6. The highest BCUT2D eigenvalue weighted by Crippen LogP contribution is 2.77. The van der Waals surface area contributed by atoms with E-state index in [-0.39, 0.29) is 5.92 Å². The quantitative estimate of drug-likeness (QED) is 0.484. The van der Waals surface area contributed by atoms with Gasteiger partial charge in [-0.05, 0) is 49.7 Å². The van der Waals surface area contributed by atoms with Crippen LogP contribution in [0.1, 0.15) is 32.6 Å². The number of ether oxygens (including phenoxy) is 1. The largest absolute Gasteiger partial charge is 0.481 e. The molecule has 0 aromatic heterocycles. The summed E-state index contributed by atoms with van der Waals surface area (Å²) in [6.07, 6.45) is 4.11. The van der Waals surface area contributed by atoms with Gasteiger partial charge in [0.15, 0.2) is 0 Å². The van der Waals surface area contributed by atoms with E-state index in [9.17, 15) is 24.9 Å². The molecule has 0 unspecified atom stereocenters. The number of esters is 1. The first kappa shape index (κ1) is 15.6. The zero-order valence-electron chi connectivity index (χ0n) is 14.1. The Bertz CT molecular complexity index is 772. The third kappa shape index (κ3) is 1.36. The molecule has 134 valence electrons. The Kier molecular flexibility index (Phi) is 2.50. The number of carbonyl (C=O) groups excluding carboxylic acids is 1. The molecule has 1 saturated heterocycles. The molecule has 0 amide bonds. The number of hydrogen-bond donors (Lipinski definition) is 3. The number of fused-ring (bicyclic) bond motifs is 1. The van der Waals surface area contributed by atoms with Gasteiger partial charge in [0, 0.05) is 11.8 Å². The van der Waals surface area contributed by atoms with Crippen LogP contribution in [0.3, 0.4) is 0 Å². The molecule has 0 aromatic rings. The van der Waals surface area contributed by atoms with Crippen LogP contribution in [0.25, 0.3) is 0 Å². The number of hydrogen-bond acceptors (Lipinski definition) is 5. The van der Waals surface area contributed by atoms with Crippen molar-refractivity contribution in [2.24, 2.45) is 28.6 Å². The van der Waals surface area contributed by atoms with Crippen LogP contribution in [-0.4, -0.2) is 44.6 Å². The molecule has 5 aliphatic rings. The van der Waals surface area contributed by atoms with Crippen molar-refractivity contribution in [3.8, 4) is 0 Å². The average molecular weight is 346 g/mol. The predicted octanol–water partition coefficient (Wildman–Crippen LogP) is 1.03. The van der Waals surface area contributed by atoms with Crippen LogP contribution in [0.4, 0.5) is 0 Å². The SMILES string of the molecule is C=C1C[C@]23C[C@@]1(O)CC[C@@H]2[C@@]12C=C[C@H](O)[C@](C)(C(=O)O1)[C@@H]2[C@@H]3C(=O)O. The van der Waals surface area contributed by atoms with Gasteiger partial charge >= 0.3 is 11.9 Å². The molecule has 4 fully saturated rings. The number of aliphatic hydroxyl groups is 2. The topological polar surface area (TPSA) is 104 Å². The molecule has 1 heterocycles. The third-order valence-corrected chi connectivity index (χ3v) is 8.12. The number of carbonyl (C=O) groups is 2. The van der Waals surface area contributed by atoms with Gasteiger partial charge in [0.2, 0.25) is 0 Å². The van der Waals surface area contributed by atoms with Gasteiger partial charge in [-0.15, -0.1) is 0 Å². The van der Waals surface area contributed by atoms with E-state index in [4.69, 9.17) is 4.74 Å². The van der Waals surface area contributed by atoms with Gasteiger partial charge in [0.1, 0.15) is 11.0 Å². The monoisotopic (exact) mass is 346 g/mol. The summed E-state index contributed by atoms with van der Waals surface area (Å²) in [5.74, 6) is -3.18. The van der Waals surface area contributed by atoms with E-state index in [2.05, 4.69) is 6.58 Å². The van der Waals surface area contributed by atoms with Crippen LogP contribution in [0.2, 0.25) is 0 Å². The first-order valence-electron chi connectivity index (χ1n) is 8.86. The van der Waals surface area contributed by atoms with Gasteiger partial charge in [-0.2, -0.15) is 0 Å². The maximum absolute atomic E-state index is 12.7. The van der Waals surface area contributed by atoms with Gasteiger partial charge < -0.3 is 20.1 Å². The van der Waals surface area contributed by atoms with Crippen molar-refractivity contribution < 1.29 is 29.6 Å². The van der Waals surface area contributed by atoms with Gasteiger partial charge in [-0.25, -0.2) is 0 Å². The normalized spacial score (nSPS) is 58.0. The summed E-state index contributed by atoms with van der Waals surface area (Å²) < 4.78 is 5.87. The van der Waals surface area contributed by atoms with Crippen LogP contribution in [0.15, 0.2) is 24.3 Å². The van der Waals surface area contributed by atoms with Gasteiger partial charge in [0.05, 0.1) is 17.6 Å². The summed E-state index contributed by atoms with van der Waals surface area (Å²) in [5.41, 5.74) is -3.29. The Morgan fingerprint density at radius 2 is 2.16 bits per heavy atom. The molecule has 5 rings (SSSR count). The number of aliphatic hydroxyl groups excluding tert-OH is 1. The van der Waals surface area contributed by atoms with E-state index in [1.165, 1.54) is 0 Å². The van der Waals surface area contributed by atoms with Crippen LogP contribution in [0, 0.1) is 28.6 Å². The molecule has 6 nitrogen and oxygen atoms in total. The molecule has 4 bridgehead atoms. The molecule has 1 spiro atoms. The summed E-state index contributed by atoms with van der Waals surface area (Å²) in [6, 6.07) is 0. The minimum atomic E-state index is -1.27. The van der Waals surface area contributed by atoms with Crippen molar-refractivity contribution in [1.29, 1.82) is 0 Å². The summed E-state index contributed by atoms with van der Waals surface area (Å²) in [6.45, 7) is 5.64. The van der Waals surface area contributed by atoms with Crippen LogP contribution in [-0.2, 0) is 14.3 Å². The van der Waals surface area contributed by atoms with Crippen LogP contribution >= 0.6 is 0 Å². The molecule has 0 radical (unpaired) electrons. The van der Waals surface area contributed by atoms with E-state index in [1.807, 2.05) is 0 Å². The number of aliphatic carboxylic acids is 1. The minimum absolute atomic E-state index is 0.180. The molecular weight excluding hydrogens is 324 g/mol. The molecule has 25 heavy (non-hydrogen) atoms. The number of carboxylic acids is 1. The van der Waals surface area contributed by atoms with Crippen molar-refractivity contribution in [1.82, 2.24) is 0 Å². The molecule has 4 aliphatic carbocycles. The Hall–Kier alpha value is -1.66. The fraction of sp³-hybridized carbons (Fsp3) is 0.684. The molecule has 1 aliphatic heterocycles. The van der Waals surface area contributed by atoms with E-state index >= 15 is 0 Å². The molecular formula is C19H22O6. The lowest BCUT2D eigenvalue weighted by Crippen LogP contribution is -2.50. The van der Waals surface area contributed by atoms with Crippen LogP contribution in [0.5, 0.6) is 0 Å². The van der Waals surface area contributed by atoms with E-state index in [0.29, 0.717) is 31.3 Å². The standard InChI is InChI=1S/C19H22O6/c1-9-7-17-8-18(9,24)5-3-10(17)19-6-4-11(20)16(2,15(23)25-19)13(19)12(17)14(21)22/h4,6,10-13,20,24H,1,3,5,7-8H2,2H3,(H,21,22)/t10-,11-,12+,13-,16-,17-,18-,19+/m0/s1. The Morgan fingerprint density at radius 3 is 2.84 bits per heavy atom. The molecule has 3 N–H and O–H groups in total. The van der Waals surface area contributed by atoms with Gasteiger partial charge in [-0.1, -0.05) is 12.7 Å². The summed E-state index contributed by atoms with van der Waals surface area (Å²) in [7, 11) is 0. The Morgan fingerprint density at radius 1 is 1.44 bits per heavy atom. The highest BCUT2D eigenvalue weighted by molar-refractivity contribution is 5.86. The van der Waals surface area contributed by atoms with E-state index in [0.717, 1.165) is 0 Å². The summed E-state index contributed by atoms with van der Waals surface area (Å²) >= 11 is 0. The second-order valence-corrected chi connectivity index (χ2v) is 8.94. The fourth-order valence-electron chi connectivity index (χ4n) is 7.13. The zero-order chi connectivity index (χ0) is 18.0. The fourth-order valence-corrected chi connectivity index (χ4v) is 7.13. The van der Waals surface area contributed by atoms with E-state index < -0.39 is 51.9 Å². The lowest BCUT2D eigenvalue weighted by molar-refractivity contribution is -0.163. The van der Waals surface area contributed by atoms with Crippen molar-refractivity contribution in [2.45, 2.75) is 49.9 Å². The average Bonchev–Trinajstić information content (AvgIpc) is 2.95. The summed E-state index contributed by atoms with van der Waals surface area (Å²) in [4.78, 5) is 25.1. The predicted molar refractivity (Wildman–Crippen MR) is 85.2 cm³/mol. The maximum atomic E-state index is 12.7. The third-order valence-electron chi connectivity index (χ3n) is 8.12. The lowest BCUT2D eigenvalue weighted by atomic mass is 9.61. The Labute approximate surface area is 145 Å². The second-order valence-electron chi connectivity index (χ2n) is 8.94. The van der Waals surface area contributed by atoms with Gasteiger partial charge in [-0.3, -0.25) is 9.59 Å². The van der Waals surface area contributed by atoms with Crippen molar-refractivity contribution in [3.63, 3.8) is 0 Å². The number of carboxylic acid groups (broad SMARTS) is 1.